The van der Waals surface area contributed by atoms with Crippen molar-refractivity contribution in [2.24, 2.45) is 5.92 Å². The van der Waals surface area contributed by atoms with Gasteiger partial charge in [-0.2, -0.15) is 0 Å². The SMILES string of the molecule is C=C(O[C@H](Cc1cc(C)c2[nH]c(=O)[nH]c2c1)C(=O)N1CCC(N2CCN(C)CC2)CC1)N1CCC(CN2CCc3ccccc3NC2=O)CC1. The number of ether oxygens (including phenoxy) is 1. The number of hydrogen-bond donors (Lipinski definition) is 3. The van der Waals surface area contributed by atoms with E-state index in [0.29, 0.717) is 43.9 Å². The van der Waals surface area contributed by atoms with Gasteiger partial charge in [-0.05, 0) is 87.4 Å². The van der Waals surface area contributed by atoms with E-state index >= 15 is 0 Å². The standard InChI is InChI=1S/C38H52N8O4/c1-26-22-29(23-33-35(26)41-37(48)39-33)24-34(36(47)45-16-11-31(12-17-45)44-20-18-42(3)19-21-44)50-27(2)43-13-8-28(9-14-43)25-46-15-10-30-6-4-5-7-32(30)40-38(46)49/h4-7,22-23,28,31,34H,2,8-21,24-25H2,1,3H3,(H,40,49)(H2,39,41,48)/t34-/m1/s1. The number of anilines is 1. The number of amides is 3. The van der Waals surface area contributed by atoms with Crippen LogP contribution >= 0.6 is 0 Å². The number of urea groups is 1. The van der Waals surface area contributed by atoms with Crippen LogP contribution in [-0.4, -0.2) is 131 Å². The number of H-pyrrole nitrogens is 2. The van der Waals surface area contributed by atoms with Crippen molar-refractivity contribution < 1.29 is 14.3 Å². The highest BCUT2D eigenvalue weighted by atomic mass is 16.5. The molecule has 3 aromatic rings. The van der Waals surface area contributed by atoms with E-state index in [-0.39, 0.29) is 17.6 Å². The smallest absolute Gasteiger partial charge is 0.323 e. The Kier molecular flexibility index (Phi) is 10.2. The molecule has 3 saturated heterocycles. The molecule has 3 amide bonds. The van der Waals surface area contributed by atoms with Crippen molar-refractivity contribution in [2.75, 3.05) is 77.8 Å². The number of aryl methyl sites for hydroxylation is 1. The Balaban J connectivity index is 0.982. The van der Waals surface area contributed by atoms with Crippen LogP contribution in [0.2, 0.25) is 0 Å². The van der Waals surface area contributed by atoms with E-state index in [2.05, 4.69) is 49.7 Å². The van der Waals surface area contributed by atoms with Crippen LogP contribution in [0.25, 0.3) is 11.0 Å². The molecule has 12 nitrogen and oxygen atoms in total. The fraction of sp³-hybridized carbons (Fsp3) is 0.553. The van der Waals surface area contributed by atoms with Crippen molar-refractivity contribution >= 4 is 28.7 Å². The third kappa shape index (κ3) is 7.71. The summed E-state index contributed by atoms with van der Waals surface area (Å²) >= 11 is 0. The van der Waals surface area contributed by atoms with Crippen LogP contribution < -0.4 is 11.0 Å². The maximum atomic E-state index is 14.2. The van der Waals surface area contributed by atoms with E-state index in [1.807, 2.05) is 47.1 Å². The summed E-state index contributed by atoms with van der Waals surface area (Å²) < 4.78 is 6.55. The molecule has 0 saturated carbocycles. The summed E-state index contributed by atoms with van der Waals surface area (Å²) in [7, 11) is 2.18. The summed E-state index contributed by atoms with van der Waals surface area (Å²) in [5.41, 5.74) is 5.22. The van der Waals surface area contributed by atoms with Crippen LogP contribution in [0.3, 0.4) is 0 Å². The summed E-state index contributed by atoms with van der Waals surface area (Å²) in [6.45, 7) is 15.0. The summed E-state index contributed by atoms with van der Waals surface area (Å²) in [4.78, 5) is 56.0. The van der Waals surface area contributed by atoms with E-state index in [4.69, 9.17) is 4.74 Å². The minimum Gasteiger partial charge on any atom is -0.466 e. The van der Waals surface area contributed by atoms with Gasteiger partial charge in [-0.15, -0.1) is 0 Å². The first-order chi connectivity index (χ1) is 24.2. The Bertz CT molecular complexity index is 1740. The zero-order valence-electron chi connectivity index (χ0n) is 29.6. The number of benzene rings is 2. The Morgan fingerprint density at radius 3 is 2.40 bits per heavy atom. The first-order valence-electron chi connectivity index (χ1n) is 18.4. The summed E-state index contributed by atoms with van der Waals surface area (Å²) in [6.07, 6.45) is 4.24. The number of piperidine rings is 2. The molecule has 0 bridgehead atoms. The number of piperazine rings is 1. The molecular formula is C38H52N8O4. The molecule has 12 heteroatoms. The van der Waals surface area contributed by atoms with E-state index in [1.54, 1.807) is 0 Å². The number of para-hydroxylation sites is 1. The van der Waals surface area contributed by atoms with Gasteiger partial charge in [0.25, 0.3) is 5.91 Å². The number of rotatable bonds is 9. The molecule has 5 heterocycles. The predicted octanol–water partition coefficient (Wildman–Crippen LogP) is 3.60. The van der Waals surface area contributed by atoms with Gasteiger partial charge >= 0.3 is 11.7 Å². The van der Waals surface area contributed by atoms with Crippen LogP contribution in [0.5, 0.6) is 0 Å². The van der Waals surface area contributed by atoms with Crippen molar-refractivity contribution in [2.45, 2.75) is 57.6 Å². The largest absolute Gasteiger partial charge is 0.466 e. The Morgan fingerprint density at radius 2 is 1.64 bits per heavy atom. The average molecular weight is 685 g/mol. The van der Waals surface area contributed by atoms with E-state index in [1.165, 1.54) is 5.56 Å². The molecule has 0 aliphatic carbocycles. The molecular weight excluding hydrogens is 632 g/mol. The lowest BCUT2D eigenvalue weighted by Gasteiger charge is -2.42. The van der Waals surface area contributed by atoms with E-state index in [0.717, 1.165) is 106 Å². The first kappa shape index (κ1) is 34.2. The quantitative estimate of drug-likeness (QED) is 0.295. The molecule has 4 aliphatic heterocycles. The number of carbonyl (C=O) groups excluding carboxylic acids is 2. The molecule has 4 aliphatic rings. The van der Waals surface area contributed by atoms with Gasteiger partial charge in [0.05, 0.1) is 11.0 Å². The minimum atomic E-state index is -0.731. The topological polar surface area (TPSA) is 120 Å². The molecule has 2 aromatic carbocycles. The number of likely N-dealkylation sites (tertiary alicyclic amines) is 2. The molecule has 0 spiro atoms. The van der Waals surface area contributed by atoms with Crippen LogP contribution in [0.15, 0.2) is 53.7 Å². The lowest BCUT2D eigenvalue weighted by molar-refractivity contribution is -0.144. The average Bonchev–Trinajstić information content (AvgIpc) is 3.43. The fourth-order valence-corrected chi connectivity index (χ4v) is 8.25. The summed E-state index contributed by atoms with van der Waals surface area (Å²) in [6, 6.07) is 12.5. The highest BCUT2D eigenvalue weighted by Crippen LogP contribution is 2.27. The van der Waals surface area contributed by atoms with Crippen molar-refractivity contribution in [3.63, 3.8) is 0 Å². The van der Waals surface area contributed by atoms with Crippen molar-refractivity contribution in [3.05, 3.63) is 76.0 Å². The molecule has 268 valence electrons. The Labute approximate surface area is 294 Å². The van der Waals surface area contributed by atoms with E-state index in [9.17, 15) is 14.4 Å². The number of likely N-dealkylation sites (N-methyl/N-ethyl adjacent to an activating group) is 1. The van der Waals surface area contributed by atoms with Crippen LogP contribution in [-0.2, 0) is 22.4 Å². The first-order valence-corrected chi connectivity index (χ1v) is 18.4. The minimum absolute atomic E-state index is 0.00801. The van der Waals surface area contributed by atoms with Gasteiger partial charge < -0.3 is 39.6 Å². The van der Waals surface area contributed by atoms with Crippen molar-refractivity contribution in [3.8, 4) is 0 Å². The lowest BCUT2D eigenvalue weighted by atomic mass is 9.96. The lowest BCUT2D eigenvalue weighted by Crippen LogP contribution is -2.54. The number of fused-ring (bicyclic) bond motifs is 2. The highest BCUT2D eigenvalue weighted by Gasteiger charge is 2.34. The van der Waals surface area contributed by atoms with Crippen LogP contribution in [0.4, 0.5) is 10.5 Å². The van der Waals surface area contributed by atoms with E-state index < -0.39 is 6.10 Å². The van der Waals surface area contributed by atoms with Crippen LogP contribution in [0.1, 0.15) is 42.4 Å². The highest BCUT2D eigenvalue weighted by molar-refractivity contribution is 5.91. The predicted molar refractivity (Wildman–Crippen MR) is 195 cm³/mol. The zero-order chi connectivity index (χ0) is 34.8. The molecule has 0 unspecified atom stereocenters. The normalized spacial score (nSPS) is 20.8. The van der Waals surface area contributed by atoms with Gasteiger partial charge in [-0.3, -0.25) is 9.69 Å². The Hall–Kier alpha value is -4.29. The maximum Gasteiger partial charge on any atom is 0.323 e. The second-order valence-corrected chi connectivity index (χ2v) is 14.7. The van der Waals surface area contributed by atoms with Crippen molar-refractivity contribution in [1.29, 1.82) is 0 Å². The molecule has 1 aromatic heterocycles. The van der Waals surface area contributed by atoms with Gasteiger partial charge in [0.2, 0.25) is 0 Å². The summed E-state index contributed by atoms with van der Waals surface area (Å²) in [5.74, 6) is 0.888. The molecule has 3 N–H and O–H groups in total. The van der Waals surface area contributed by atoms with Gasteiger partial charge in [-0.25, -0.2) is 9.59 Å². The number of nitrogens with zero attached hydrogens (tertiary/aromatic N) is 5. The number of imidazole rings is 1. The fourth-order valence-electron chi connectivity index (χ4n) is 8.25. The van der Waals surface area contributed by atoms with Crippen molar-refractivity contribution in [1.82, 2.24) is 34.5 Å². The molecule has 0 radical (unpaired) electrons. The maximum absolute atomic E-state index is 14.2. The van der Waals surface area contributed by atoms with Gasteiger partial charge in [0.1, 0.15) is 0 Å². The third-order valence-electron chi connectivity index (χ3n) is 11.3. The van der Waals surface area contributed by atoms with Crippen LogP contribution in [0, 0.1) is 12.8 Å². The monoisotopic (exact) mass is 684 g/mol. The third-order valence-corrected chi connectivity index (χ3v) is 11.3. The van der Waals surface area contributed by atoms with Gasteiger partial charge in [0.15, 0.2) is 12.0 Å². The number of carbonyl (C=O) groups is 2. The van der Waals surface area contributed by atoms with Gasteiger partial charge in [-0.1, -0.05) is 24.3 Å². The molecule has 7 rings (SSSR count). The Morgan fingerprint density at radius 1 is 0.920 bits per heavy atom. The second-order valence-electron chi connectivity index (χ2n) is 14.7. The number of hydrogen-bond acceptors (Lipinski definition) is 7. The molecule has 3 fully saturated rings. The number of aromatic amines is 2. The second kappa shape index (κ2) is 14.9. The number of aromatic nitrogens is 2. The number of nitrogens with one attached hydrogen (secondary N) is 3. The molecule has 50 heavy (non-hydrogen) atoms. The summed E-state index contributed by atoms with van der Waals surface area (Å²) in [5, 5.41) is 3.09. The zero-order valence-corrected chi connectivity index (χ0v) is 29.6. The molecule has 1 atom stereocenters. The van der Waals surface area contributed by atoms with Gasteiger partial charge in [0, 0.05) is 83.6 Å².